The standard InChI is InChI=1S/C22H28N2/c1-6-17-7-10-19(11-8-17)23-15-18-9-12-21-20(13-18)16(2)14-22(3,4)24(21)5/h7-13,15-16H,6,14H2,1-5H3/t16-/m0/s1. The molecule has 3 rings (SSSR count). The van der Waals surface area contributed by atoms with Gasteiger partial charge in [-0.25, -0.2) is 0 Å². The molecule has 0 N–H and O–H groups in total. The Morgan fingerprint density at radius 2 is 1.88 bits per heavy atom. The van der Waals surface area contributed by atoms with Crippen LogP contribution in [0.5, 0.6) is 0 Å². The van der Waals surface area contributed by atoms with E-state index in [1.54, 1.807) is 0 Å². The van der Waals surface area contributed by atoms with Crippen LogP contribution in [-0.2, 0) is 6.42 Å². The van der Waals surface area contributed by atoms with Crippen LogP contribution in [0.4, 0.5) is 11.4 Å². The molecule has 0 saturated carbocycles. The van der Waals surface area contributed by atoms with Gasteiger partial charge >= 0.3 is 0 Å². The van der Waals surface area contributed by atoms with E-state index in [1.165, 1.54) is 28.8 Å². The number of aryl methyl sites for hydroxylation is 1. The molecule has 0 unspecified atom stereocenters. The van der Waals surface area contributed by atoms with Crippen molar-refractivity contribution in [3.8, 4) is 0 Å². The second-order valence-electron chi connectivity index (χ2n) is 7.57. The molecule has 0 spiro atoms. The average molecular weight is 320 g/mol. The fourth-order valence-corrected chi connectivity index (χ4v) is 3.64. The van der Waals surface area contributed by atoms with Crippen molar-refractivity contribution in [2.45, 2.75) is 52.0 Å². The Balaban J connectivity index is 1.86. The molecule has 1 aliphatic rings. The van der Waals surface area contributed by atoms with Gasteiger partial charge in [-0.3, -0.25) is 4.99 Å². The summed E-state index contributed by atoms with van der Waals surface area (Å²) in [6.07, 6.45) is 4.22. The monoisotopic (exact) mass is 320 g/mol. The van der Waals surface area contributed by atoms with E-state index in [1.807, 2.05) is 6.21 Å². The Labute approximate surface area is 146 Å². The van der Waals surface area contributed by atoms with Crippen LogP contribution in [-0.4, -0.2) is 18.8 Å². The number of hydrogen-bond acceptors (Lipinski definition) is 2. The maximum Gasteiger partial charge on any atom is 0.0630 e. The Kier molecular flexibility index (Phi) is 4.49. The van der Waals surface area contributed by atoms with Gasteiger partial charge in [0.15, 0.2) is 0 Å². The van der Waals surface area contributed by atoms with Crippen LogP contribution in [0.1, 0.15) is 56.7 Å². The van der Waals surface area contributed by atoms with Crippen molar-refractivity contribution in [2.24, 2.45) is 4.99 Å². The molecule has 24 heavy (non-hydrogen) atoms. The third-order valence-electron chi connectivity index (χ3n) is 5.36. The van der Waals surface area contributed by atoms with Crippen LogP contribution in [0.25, 0.3) is 0 Å². The van der Waals surface area contributed by atoms with Crippen molar-refractivity contribution in [3.63, 3.8) is 0 Å². The molecule has 0 saturated heterocycles. The number of rotatable bonds is 3. The fourth-order valence-electron chi connectivity index (χ4n) is 3.64. The molecular weight excluding hydrogens is 292 g/mol. The smallest absolute Gasteiger partial charge is 0.0630 e. The summed E-state index contributed by atoms with van der Waals surface area (Å²) in [7, 11) is 2.20. The summed E-state index contributed by atoms with van der Waals surface area (Å²) in [5.74, 6) is 0.573. The lowest BCUT2D eigenvalue weighted by Crippen LogP contribution is -2.45. The topological polar surface area (TPSA) is 15.6 Å². The van der Waals surface area contributed by atoms with E-state index in [9.17, 15) is 0 Å². The van der Waals surface area contributed by atoms with Gasteiger partial charge in [0.2, 0.25) is 0 Å². The van der Waals surface area contributed by atoms with Gasteiger partial charge in [0.1, 0.15) is 0 Å². The minimum absolute atomic E-state index is 0.211. The van der Waals surface area contributed by atoms with Crippen molar-refractivity contribution in [1.82, 2.24) is 0 Å². The third kappa shape index (κ3) is 3.24. The Bertz CT molecular complexity index is 741. The minimum Gasteiger partial charge on any atom is -0.369 e. The minimum atomic E-state index is 0.211. The van der Waals surface area contributed by atoms with Crippen LogP contribution in [0.2, 0.25) is 0 Å². The molecule has 1 atom stereocenters. The van der Waals surface area contributed by atoms with Crippen LogP contribution < -0.4 is 4.90 Å². The molecule has 2 aromatic carbocycles. The summed E-state index contributed by atoms with van der Waals surface area (Å²) >= 11 is 0. The number of benzene rings is 2. The predicted octanol–water partition coefficient (Wildman–Crippen LogP) is 5.72. The van der Waals surface area contributed by atoms with Gasteiger partial charge in [-0.05, 0) is 73.6 Å². The molecule has 2 heteroatoms. The molecule has 2 nitrogen and oxygen atoms in total. The van der Waals surface area contributed by atoms with Gasteiger partial charge in [0, 0.05) is 24.5 Å². The average Bonchev–Trinajstić information content (AvgIpc) is 2.58. The molecule has 2 aromatic rings. The highest BCUT2D eigenvalue weighted by atomic mass is 15.2. The highest BCUT2D eigenvalue weighted by Crippen LogP contribution is 2.42. The summed E-state index contributed by atoms with van der Waals surface area (Å²) in [6, 6.07) is 15.2. The van der Waals surface area contributed by atoms with Crippen molar-refractivity contribution >= 4 is 17.6 Å². The largest absolute Gasteiger partial charge is 0.369 e. The zero-order valence-electron chi connectivity index (χ0n) is 15.5. The van der Waals surface area contributed by atoms with Crippen LogP contribution in [0.3, 0.4) is 0 Å². The van der Waals surface area contributed by atoms with Gasteiger partial charge < -0.3 is 4.90 Å². The van der Waals surface area contributed by atoms with Crippen molar-refractivity contribution in [3.05, 3.63) is 59.2 Å². The Morgan fingerprint density at radius 3 is 2.54 bits per heavy atom. The molecule has 126 valence electrons. The Hall–Kier alpha value is -2.09. The summed E-state index contributed by atoms with van der Waals surface area (Å²) in [5, 5.41) is 0. The zero-order chi connectivity index (χ0) is 17.3. The highest BCUT2D eigenvalue weighted by molar-refractivity contribution is 5.83. The maximum atomic E-state index is 4.63. The first kappa shape index (κ1) is 16.8. The molecule has 0 amide bonds. The molecule has 0 aromatic heterocycles. The van der Waals surface area contributed by atoms with Crippen molar-refractivity contribution < 1.29 is 0 Å². The van der Waals surface area contributed by atoms with Gasteiger partial charge in [-0.15, -0.1) is 0 Å². The van der Waals surface area contributed by atoms with E-state index in [-0.39, 0.29) is 5.54 Å². The van der Waals surface area contributed by atoms with E-state index in [4.69, 9.17) is 0 Å². The predicted molar refractivity (Wildman–Crippen MR) is 105 cm³/mol. The number of anilines is 1. The molecule has 0 radical (unpaired) electrons. The van der Waals surface area contributed by atoms with Gasteiger partial charge in [-0.1, -0.05) is 32.0 Å². The Morgan fingerprint density at radius 1 is 1.17 bits per heavy atom. The third-order valence-corrected chi connectivity index (χ3v) is 5.36. The van der Waals surface area contributed by atoms with Crippen molar-refractivity contribution in [1.29, 1.82) is 0 Å². The molecule has 0 aliphatic carbocycles. The first-order valence-corrected chi connectivity index (χ1v) is 8.91. The summed E-state index contributed by atoms with van der Waals surface area (Å²) in [4.78, 5) is 7.04. The van der Waals surface area contributed by atoms with Crippen LogP contribution >= 0.6 is 0 Å². The summed E-state index contributed by atoms with van der Waals surface area (Å²) in [6.45, 7) is 9.15. The van der Waals surface area contributed by atoms with Gasteiger partial charge in [0.25, 0.3) is 0 Å². The lowest BCUT2D eigenvalue weighted by atomic mass is 9.80. The quantitative estimate of drug-likeness (QED) is 0.660. The molecular formula is C22H28N2. The number of hydrogen-bond donors (Lipinski definition) is 0. The fraction of sp³-hybridized carbons (Fsp3) is 0.409. The zero-order valence-corrected chi connectivity index (χ0v) is 15.5. The van der Waals surface area contributed by atoms with E-state index in [0.717, 1.165) is 12.1 Å². The SMILES string of the molecule is CCc1ccc(N=Cc2ccc3c(c2)[C@@H](C)CC(C)(C)N3C)cc1. The normalized spacial score (nSPS) is 19.5. The van der Waals surface area contributed by atoms with E-state index < -0.39 is 0 Å². The lowest BCUT2D eigenvalue weighted by Gasteiger charge is -2.45. The summed E-state index contributed by atoms with van der Waals surface area (Å²) < 4.78 is 0. The van der Waals surface area contributed by atoms with E-state index in [2.05, 4.69) is 87.1 Å². The molecule has 0 bridgehead atoms. The van der Waals surface area contributed by atoms with Gasteiger partial charge in [-0.2, -0.15) is 0 Å². The second kappa shape index (κ2) is 6.43. The van der Waals surface area contributed by atoms with Crippen LogP contribution in [0, 0.1) is 0 Å². The number of aliphatic imine (C=N–C) groups is 1. The highest BCUT2D eigenvalue weighted by Gasteiger charge is 2.33. The first-order valence-electron chi connectivity index (χ1n) is 8.91. The molecule has 1 aliphatic heterocycles. The van der Waals surface area contributed by atoms with E-state index in [0.29, 0.717) is 5.92 Å². The maximum absolute atomic E-state index is 4.63. The summed E-state index contributed by atoms with van der Waals surface area (Å²) in [5.41, 5.74) is 6.53. The number of fused-ring (bicyclic) bond motifs is 1. The second-order valence-corrected chi connectivity index (χ2v) is 7.57. The van der Waals surface area contributed by atoms with Gasteiger partial charge in [0.05, 0.1) is 5.69 Å². The lowest BCUT2D eigenvalue weighted by molar-refractivity contribution is 0.395. The first-order chi connectivity index (χ1) is 11.4. The molecule has 0 fully saturated rings. The van der Waals surface area contributed by atoms with Crippen LogP contribution in [0.15, 0.2) is 47.5 Å². The number of nitrogens with zero attached hydrogens (tertiary/aromatic N) is 2. The molecule has 1 heterocycles. The van der Waals surface area contributed by atoms with Crippen molar-refractivity contribution in [2.75, 3.05) is 11.9 Å². The van der Waals surface area contributed by atoms with E-state index >= 15 is 0 Å².